The van der Waals surface area contributed by atoms with Gasteiger partial charge in [-0.05, 0) is 39.8 Å². The Hall–Kier alpha value is -0.0800. The van der Waals surface area contributed by atoms with Gasteiger partial charge in [0.1, 0.15) is 0 Å². The topological polar surface area (TPSA) is 21.3 Å². The van der Waals surface area contributed by atoms with E-state index >= 15 is 0 Å². The lowest BCUT2D eigenvalue weighted by Crippen LogP contribution is -2.07. The zero-order chi connectivity index (χ0) is 9.66. The van der Waals surface area contributed by atoms with Gasteiger partial charge in [-0.3, -0.25) is 0 Å². The van der Waals surface area contributed by atoms with Crippen molar-refractivity contribution in [1.29, 1.82) is 0 Å². The van der Waals surface area contributed by atoms with Crippen LogP contribution >= 0.6 is 0 Å². The molecule has 0 rings (SSSR count). The summed E-state index contributed by atoms with van der Waals surface area (Å²) < 4.78 is 5.19. The Morgan fingerprint density at radius 1 is 1.17 bits per heavy atom. The summed E-state index contributed by atoms with van der Waals surface area (Å²) in [7, 11) is 1.99. The molecule has 0 radical (unpaired) electrons. The van der Waals surface area contributed by atoms with E-state index in [4.69, 9.17) is 4.74 Å². The van der Waals surface area contributed by atoms with E-state index in [-0.39, 0.29) is 1.43 Å². The third kappa shape index (κ3) is 16.5. The van der Waals surface area contributed by atoms with Crippen molar-refractivity contribution in [3.8, 4) is 0 Å². The average molecular weight is 177 g/mol. The summed E-state index contributed by atoms with van der Waals surface area (Å²) in [5.41, 5.74) is 0. The predicted molar refractivity (Wildman–Crippen MR) is 57.7 cm³/mol. The van der Waals surface area contributed by atoms with Crippen LogP contribution in [0.1, 0.15) is 41.5 Å². The van der Waals surface area contributed by atoms with Gasteiger partial charge in [-0.15, -0.1) is 0 Å². The smallest absolute Gasteiger partial charge is 0.0465 e. The van der Waals surface area contributed by atoms with Gasteiger partial charge < -0.3 is 10.1 Å². The molecule has 0 spiro atoms. The lowest BCUT2D eigenvalue weighted by Gasteiger charge is -2.00. The Kier molecular flexibility index (Phi) is 20.6. The van der Waals surface area contributed by atoms with Crippen LogP contribution < -0.4 is 5.32 Å². The van der Waals surface area contributed by atoms with E-state index in [1.165, 1.54) is 19.3 Å². The van der Waals surface area contributed by atoms with E-state index in [1.807, 2.05) is 27.8 Å². The van der Waals surface area contributed by atoms with Crippen molar-refractivity contribution in [2.75, 3.05) is 26.8 Å². The van der Waals surface area contributed by atoms with E-state index in [0.717, 1.165) is 19.8 Å². The summed E-state index contributed by atoms with van der Waals surface area (Å²) in [6.07, 6.45) is 3.75. The van der Waals surface area contributed by atoms with Crippen molar-refractivity contribution in [3.63, 3.8) is 0 Å². The molecular weight excluding hydrogens is 150 g/mol. The second kappa shape index (κ2) is 17.1. The van der Waals surface area contributed by atoms with Crippen LogP contribution in [0.5, 0.6) is 0 Å². The van der Waals surface area contributed by atoms with E-state index < -0.39 is 0 Å². The number of nitrogens with one attached hydrogen (secondary N) is 1. The SMILES string of the molecule is CC.CCOCCCCCNC.[HH]. The zero-order valence-corrected chi connectivity index (χ0v) is 9.15. The van der Waals surface area contributed by atoms with Gasteiger partial charge in [0, 0.05) is 14.6 Å². The zero-order valence-electron chi connectivity index (χ0n) is 9.15. The van der Waals surface area contributed by atoms with Crippen molar-refractivity contribution in [3.05, 3.63) is 0 Å². The molecule has 0 aliphatic carbocycles. The second-order valence-corrected chi connectivity index (χ2v) is 2.36. The quantitative estimate of drug-likeness (QED) is 0.604. The first-order chi connectivity index (χ1) is 5.91. The van der Waals surface area contributed by atoms with Crippen LogP contribution in [0.15, 0.2) is 0 Å². The first kappa shape index (κ1) is 14.4. The second-order valence-electron chi connectivity index (χ2n) is 2.36. The van der Waals surface area contributed by atoms with Crippen LogP contribution in [-0.4, -0.2) is 26.8 Å². The third-order valence-electron chi connectivity index (χ3n) is 1.42. The first-order valence-electron chi connectivity index (χ1n) is 5.14. The fourth-order valence-electron chi connectivity index (χ4n) is 0.827. The molecule has 0 unspecified atom stereocenters. The standard InChI is InChI=1S/C8H19NO.C2H6.H2/c1-3-10-8-6-4-5-7-9-2;1-2;/h9H,3-8H2,1-2H3;1-2H3;1H. The molecule has 0 aromatic rings. The fourth-order valence-corrected chi connectivity index (χ4v) is 0.827. The van der Waals surface area contributed by atoms with Crippen LogP contribution in [0, 0.1) is 0 Å². The van der Waals surface area contributed by atoms with Crippen molar-refractivity contribution in [2.24, 2.45) is 0 Å². The highest BCUT2D eigenvalue weighted by Crippen LogP contribution is 1.93. The van der Waals surface area contributed by atoms with Crippen molar-refractivity contribution < 1.29 is 6.16 Å². The Morgan fingerprint density at radius 2 is 1.83 bits per heavy atom. The minimum Gasteiger partial charge on any atom is -0.382 e. The number of unbranched alkanes of at least 4 members (excludes halogenated alkanes) is 2. The highest BCUT2D eigenvalue weighted by atomic mass is 16.5. The van der Waals surface area contributed by atoms with Crippen molar-refractivity contribution in [2.45, 2.75) is 40.0 Å². The summed E-state index contributed by atoms with van der Waals surface area (Å²) in [6, 6.07) is 0. The molecule has 1 N–H and O–H groups in total. The number of ether oxygens (including phenoxy) is 1. The Balaban J connectivity index is -0.000000309. The summed E-state index contributed by atoms with van der Waals surface area (Å²) in [6.45, 7) is 8.95. The molecule has 0 saturated carbocycles. The molecular formula is C10H27NO. The monoisotopic (exact) mass is 177 g/mol. The largest absolute Gasteiger partial charge is 0.382 e. The number of hydrogen-bond acceptors (Lipinski definition) is 2. The molecule has 0 saturated heterocycles. The van der Waals surface area contributed by atoms with Gasteiger partial charge in [-0.2, -0.15) is 0 Å². The van der Waals surface area contributed by atoms with Crippen LogP contribution in [0.2, 0.25) is 0 Å². The Labute approximate surface area is 79.2 Å². The van der Waals surface area contributed by atoms with E-state index in [2.05, 4.69) is 5.32 Å². The molecule has 78 valence electrons. The Morgan fingerprint density at radius 3 is 2.33 bits per heavy atom. The predicted octanol–water partition coefficient (Wildman–Crippen LogP) is 2.68. The van der Waals surface area contributed by atoms with Crippen molar-refractivity contribution in [1.82, 2.24) is 5.32 Å². The molecule has 0 bridgehead atoms. The molecule has 0 atom stereocenters. The lowest BCUT2D eigenvalue weighted by atomic mass is 10.2. The molecule has 2 nitrogen and oxygen atoms in total. The molecule has 0 fully saturated rings. The molecule has 0 amide bonds. The molecule has 0 heterocycles. The van der Waals surface area contributed by atoms with Crippen LogP contribution in [0.3, 0.4) is 0 Å². The maximum Gasteiger partial charge on any atom is 0.0465 e. The summed E-state index contributed by atoms with van der Waals surface area (Å²) in [5.74, 6) is 0. The molecule has 0 aromatic heterocycles. The molecule has 0 aliphatic heterocycles. The van der Waals surface area contributed by atoms with Gasteiger partial charge in [-0.1, -0.05) is 13.8 Å². The fraction of sp³-hybridized carbons (Fsp3) is 1.00. The van der Waals surface area contributed by atoms with Gasteiger partial charge in [0.25, 0.3) is 0 Å². The summed E-state index contributed by atoms with van der Waals surface area (Å²) >= 11 is 0. The van der Waals surface area contributed by atoms with Gasteiger partial charge >= 0.3 is 0 Å². The number of hydrogen-bond donors (Lipinski definition) is 1. The highest BCUT2D eigenvalue weighted by Gasteiger charge is 1.86. The first-order valence-corrected chi connectivity index (χ1v) is 5.14. The van der Waals surface area contributed by atoms with Crippen LogP contribution in [0.4, 0.5) is 0 Å². The third-order valence-corrected chi connectivity index (χ3v) is 1.42. The summed E-state index contributed by atoms with van der Waals surface area (Å²) in [4.78, 5) is 0. The molecule has 0 aromatic carbocycles. The normalized spacial score (nSPS) is 9.00. The Bertz CT molecular complexity index is 54.9. The minimum atomic E-state index is 0. The molecule has 2 heteroatoms. The molecule has 12 heavy (non-hydrogen) atoms. The maximum absolute atomic E-state index is 5.19. The lowest BCUT2D eigenvalue weighted by molar-refractivity contribution is 0.143. The van der Waals surface area contributed by atoms with Crippen molar-refractivity contribution >= 4 is 0 Å². The van der Waals surface area contributed by atoms with Gasteiger partial charge in [-0.25, -0.2) is 0 Å². The van der Waals surface area contributed by atoms with E-state index in [0.29, 0.717) is 0 Å². The maximum atomic E-state index is 5.19. The van der Waals surface area contributed by atoms with Gasteiger partial charge in [0.15, 0.2) is 0 Å². The van der Waals surface area contributed by atoms with Gasteiger partial charge in [0.2, 0.25) is 0 Å². The van der Waals surface area contributed by atoms with Gasteiger partial charge in [0.05, 0.1) is 0 Å². The highest BCUT2D eigenvalue weighted by molar-refractivity contribution is 4.42. The van der Waals surface area contributed by atoms with Crippen LogP contribution in [-0.2, 0) is 4.74 Å². The van der Waals surface area contributed by atoms with E-state index in [9.17, 15) is 0 Å². The average Bonchev–Trinajstić information content (AvgIpc) is 2.15. The van der Waals surface area contributed by atoms with Crippen LogP contribution in [0.25, 0.3) is 0 Å². The minimum absolute atomic E-state index is 0. The summed E-state index contributed by atoms with van der Waals surface area (Å²) in [5, 5.41) is 3.12. The number of rotatable bonds is 7. The van der Waals surface area contributed by atoms with E-state index in [1.54, 1.807) is 0 Å². The molecule has 0 aliphatic rings.